The molecule has 1 aromatic heterocycles. The average Bonchev–Trinajstić information content (AvgIpc) is 3.49. The molecule has 47 heavy (non-hydrogen) atoms. The molecule has 1 aliphatic heterocycles. The number of ether oxygens (including phenoxy) is 1. The number of likely N-dealkylation sites (tertiary alicyclic amines) is 1. The summed E-state index contributed by atoms with van der Waals surface area (Å²) in [7, 11) is -2.07. The molecule has 2 heterocycles. The van der Waals surface area contributed by atoms with Crippen LogP contribution in [-0.4, -0.2) is 34.6 Å². The third kappa shape index (κ3) is 8.72. The first kappa shape index (κ1) is 33.0. The Bertz CT molecular complexity index is 1830. The van der Waals surface area contributed by atoms with Crippen molar-refractivity contribution in [1.29, 1.82) is 0 Å². The van der Waals surface area contributed by atoms with Gasteiger partial charge in [-0.15, -0.1) is 0 Å². The van der Waals surface area contributed by atoms with Crippen LogP contribution in [0.4, 0.5) is 13.2 Å². The predicted molar refractivity (Wildman–Crippen MR) is 180 cm³/mol. The van der Waals surface area contributed by atoms with Crippen LogP contribution in [0.25, 0.3) is 22.4 Å². The zero-order chi connectivity index (χ0) is 32.8. The Morgan fingerprint density at radius 3 is 2.51 bits per heavy atom. The number of rotatable bonds is 12. The predicted octanol–water partition coefficient (Wildman–Crippen LogP) is 9.29. The van der Waals surface area contributed by atoms with Gasteiger partial charge < -0.3 is 14.2 Å². The molecule has 0 bridgehead atoms. The highest BCUT2D eigenvalue weighted by Gasteiger charge is 2.30. The summed E-state index contributed by atoms with van der Waals surface area (Å²) in [5, 5.41) is 0. The van der Waals surface area contributed by atoms with E-state index in [9.17, 15) is 17.7 Å². The van der Waals surface area contributed by atoms with Crippen LogP contribution in [0.15, 0.2) is 91.0 Å². The molecule has 10 heteroatoms. The highest BCUT2D eigenvalue weighted by atomic mass is 31.1. The molecular formula is C37H39F3N3O3P. The van der Waals surface area contributed by atoms with Crippen molar-refractivity contribution in [2.45, 2.75) is 51.7 Å². The number of piperidine rings is 1. The van der Waals surface area contributed by atoms with Crippen molar-refractivity contribution >= 4 is 19.1 Å². The number of benzene rings is 4. The number of halogens is 3. The van der Waals surface area contributed by atoms with Crippen LogP contribution in [0.3, 0.4) is 0 Å². The highest BCUT2D eigenvalue weighted by molar-refractivity contribution is 7.38. The van der Waals surface area contributed by atoms with Gasteiger partial charge in [0, 0.05) is 18.3 Å². The van der Waals surface area contributed by atoms with E-state index < -0.39 is 19.8 Å². The second-order valence-corrected chi connectivity index (χ2v) is 13.5. The van der Waals surface area contributed by atoms with Gasteiger partial charge in [0.15, 0.2) is 8.03 Å². The third-order valence-corrected chi connectivity index (χ3v) is 9.95. The van der Waals surface area contributed by atoms with Crippen molar-refractivity contribution in [3.8, 4) is 17.1 Å². The van der Waals surface area contributed by atoms with E-state index in [1.54, 1.807) is 6.07 Å². The number of hydrogen-bond donors (Lipinski definition) is 1. The second-order valence-electron chi connectivity index (χ2n) is 12.1. The van der Waals surface area contributed by atoms with Crippen molar-refractivity contribution in [2.24, 2.45) is 5.92 Å². The van der Waals surface area contributed by atoms with Crippen LogP contribution in [0.1, 0.15) is 47.6 Å². The molecule has 246 valence electrons. The molecule has 6 rings (SSSR count). The van der Waals surface area contributed by atoms with Crippen LogP contribution in [0.2, 0.25) is 0 Å². The number of aromatic nitrogens is 2. The van der Waals surface area contributed by atoms with Gasteiger partial charge in [0.05, 0.1) is 23.2 Å². The van der Waals surface area contributed by atoms with Gasteiger partial charge >= 0.3 is 6.18 Å². The molecule has 1 fully saturated rings. The molecular weight excluding hydrogens is 622 g/mol. The molecule has 4 aromatic carbocycles. The summed E-state index contributed by atoms with van der Waals surface area (Å²) in [6.07, 6.45) is -0.839. The Kier molecular flexibility index (Phi) is 10.5. The fraction of sp³-hybridized carbons (Fsp3) is 0.324. The smallest absolute Gasteiger partial charge is 0.416 e. The lowest BCUT2D eigenvalue weighted by atomic mass is 9.89. The van der Waals surface area contributed by atoms with Crippen molar-refractivity contribution in [2.75, 3.05) is 19.7 Å². The molecule has 0 radical (unpaired) electrons. The van der Waals surface area contributed by atoms with Gasteiger partial charge in [-0.25, -0.2) is 4.98 Å². The zero-order valence-corrected chi connectivity index (χ0v) is 27.4. The number of nitrogens with zero attached hydrogens (tertiary/aromatic N) is 2. The fourth-order valence-electron chi connectivity index (χ4n) is 6.23. The lowest BCUT2D eigenvalue weighted by molar-refractivity contribution is -0.137. The first-order chi connectivity index (χ1) is 22.7. The number of fused-ring (bicyclic) bond motifs is 1. The summed E-state index contributed by atoms with van der Waals surface area (Å²) in [5.74, 6) is 1.89. The van der Waals surface area contributed by atoms with E-state index in [4.69, 9.17) is 9.26 Å². The van der Waals surface area contributed by atoms with Crippen LogP contribution in [-0.2, 0) is 41.0 Å². The molecule has 1 N–H and O–H groups in total. The van der Waals surface area contributed by atoms with E-state index in [1.165, 1.54) is 11.6 Å². The van der Waals surface area contributed by atoms with Gasteiger partial charge in [-0.05, 0) is 97.8 Å². The fourth-order valence-corrected chi connectivity index (χ4v) is 7.21. The Morgan fingerprint density at radius 2 is 1.70 bits per heavy atom. The number of alkyl halides is 3. The highest BCUT2D eigenvalue weighted by Crippen LogP contribution is 2.33. The molecule has 1 atom stereocenters. The molecule has 0 saturated carbocycles. The minimum Gasteiger partial charge on any atom is -0.489 e. The molecule has 0 aliphatic carbocycles. The number of aromatic amines is 1. The number of hydrogen-bond acceptors (Lipinski definition) is 5. The lowest BCUT2D eigenvalue weighted by Gasteiger charge is -2.32. The summed E-state index contributed by atoms with van der Waals surface area (Å²) in [5.41, 5.74) is 5.65. The lowest BCUT2D eigenvalue weighted by Crippen LogP contribution is -2.33. The number of nitrogens with one attached hydrogen (secondary N) is 1. The van der Waals surface area contributed by atoms with Gasteiger partial charge in [-0.1, -0.05) is 60.7 Å². The molecule has 6 nitrogen and oxygen atoms in total. The number of imidazole rings is 1. The van der Waals surface area contributed by atoms with Crippen molar-refractivity contribution in [3.63, 3.8) is 0 Å². The summed E-state index contributed by atoms with van der Waals surface area (Å²) in [6.45, 7) is 5.53. The van der Waals surface area contributed by atoms with E-state index in [-0.39, 0.29) is 0 Å². The maximum Gasteiger partial charge on any atom is 0.416 e. The molecule has 1 aliphatic rings. The first-order valence-corrected chi connectivity index (χ1v) is 17.6. The summed E-state index contributed by atoms with van der Waals surface area (Å²) in [4.78, 5) is 10.2. The van der Waals surface area contributed by atoms with E-state index in [0.29, 0.717) is 36.7 Å². The Balaban J connectivity index is 1.02. The van der Waals surface area contributed by atoms with Crippen LogP contribution in [0, 0.1) is 5.92 Å². The van der Waals surface area contributed by atoms with Gasteiger partial charge in [-0.3, -0.25) is 9.46 Å². The maximum absolute atomic E-state index is 13.2. The molecule has 1 unspecified atom stereocenters. The van der Waals surface area contributed by atoms with Gasteiger partial charge in [0.1, 0.15) is 18.2 Å². The summed E-state index contributed by atoms with van der Waals surface area (Å²) < 4.78 is 63.3. The van der Waals surface area contributed by atoms with Crippen LogP contribution >= 0.6 is 8.03 Å². The Hall–Kier alpha value is -3.91. The monoisotopic (exact) mass is 661 g/mol. The number of para-hydroxylation sites is 1. The average molecular weight is 662 g/mol. The molecule has 1 saturated heterocycles. The van der Waals surface area contributed by atoms with E-state index in [1.807, 2.05) is 61.5 Å². The summed E-state index contributed by atoms with van der Waals surface area (Å²) >= 11 is 0. The SMILES string of the molecule is CCO[PH](=O)Cc1cccc(COc2ccccc2CC2CCN(Cc3ccc4nc(-c5cccc(C(F)(F)F)c5)[nH]c4c3)CC2)c1. The van der Waals surface area contributed by atoms with Gasteiger partial charge in [0.25, 0.3) is 0 Å². The molecule has 0 spiro atoms. The van der Waals surface area contributed by atoms with Crippen LogP contribution < -0.4 is 4.74 Å². The van der Waals surface area contributed by atoms with Crippen molar-refractivity contribution in [3.05, 3.63) is 119 Å². The van der Waals surface area contributed by atoms with E-state index in [2.05, 4.69) is 27.0 Å². The minimum absolute atomic E-state index is 0.411. The van der Waals surface area contributed by atoms with Crippen molar-refractivity contribution in [1.82, 2.24) is 14.9 Å². The van der Waals surface area contributed by atoms with Gasteiger partial charge in [-0.2, -0.15) is 13.2 Å². The molecule has 0 amide bonds. The third-order valence-electron chi connectivity index (χ3n) is 8.64. The zero-order valence-electron chi connectivity index (χ0n) is 26.4. The van der Waals surface area contributed by atoms with Crippen molar-refractivity contribution < 1.29 is 27.0 Å². The Labute approximate surface area is 273 Å². The van der Waals surface area contributed by atoms with Crippen LogP contribution in [0.5, 0.6) is 5.75 Å². The first-order valence-electron chi connectivity index (χ1n) is 16.1. The van der Waals surface area contributed by atoms with E-state index in [0.717, 1.165) is 84.5 Å². The van der Waals surface area contributed by atoms with Gasteiger partial charge in [0.2, 0.25) is 0 Å². The number of H-pyrrole nitrogens is 1. The topological polar surface area (TPSA) is 67.5 Å². The second kappa shape index (κ2) is 14.9. The minimum atomic E-state index is -4.40. The largest absolute Gasteiger partial charge is 0.489 e. The standard InChI is InChI=1S/C37H39F3N3O3P/c1-2-46-47(44)25-29-8-5-7-28(19-29)24-45-35-12-4-3-9-30(35)20-26-15-17-43(18-16-26)23-27-13-14-33-34(21-27)42-36(41-33)31-10-6-11-32(22-31)37(38,39)40/h3-14,19,21-22,26,47H,2,15-18,20,23-25H2,1H3,(H,41,42). The molecule has 5 aromatic rings. The maximum atomic E-state index is 13.2. The normalized spacial score (nSPS) is 15.2. The Morgan fingerprint density at radius 1 is 0.915 bits per heavy atom. The quantitative estimate of drug-likeness (QED) is 0.135. The van der Waals surface area contributed by atoms with E-state index >= 15 is 0 Å². The summed E-state index contributed by atoms with van der Waals surface area (Å²) in [6, 6.07) is 27.5.